The van der Waals surface area contributed by atoms with Crippen molar-refractivity contribution in [1.82, 2.24) is 4.90 Å². The van der Waals surface area contributed by atoms with E-state index in [2.05, 4.69) is 22.0 Å². The maximum atomic E-state index is 13.2. The summed E-state index contributed by atoms with van der Waals surface area (Å²) in [5.41, 5.74) is 3.22. The van der Waals surface area contributed by atoms with E-state index in [1.165, 1.54) is 0 Å². The summed E-state index contributed by atoms with van der Waals surface area (Å²) in [7, 11) is 1.55. The molecule has 1 saturated heterocycles. The summed E-state index contributed by atoms with van der Waals surface area (Å²) in [5, 5.41) is 3.01. The Labute approximate surface area is 183 Å². The molecule has 1 aliphatic rings. The molecule has 0 atom stereocenters. The van der Waals surface area contributed by atoms with Gasteiger partial charge in [-0.05, 0) is 50.2 Å². The van der Waals surface area contributed by atoms with E-state index < -0.39 is 5.97 Å². The van der Waals surface area contributed by atoms with Crippen molar-refractivity contribution in [3.05, 3.63) is 53.1 Å². The van der Waals surface area contributed by atoms with Crippen LogP contribution in [0.2, 0.25) is 0 Å². The van der Waals surface area contributed by atoms with Crippen LogP contribution in [-0.4, -0.2) is 63.2 Å². The van der Waals surface area contributed by atoms with Crippen molar-refractivity contribution in [2.75, 3.05) is 56.7 Å². The van der Waals surface area contributed by atoms with Gasteiger partial charge in [0, 0.05) is 26.2 Å². The van der Waals surface area contributed by atoms with E-state index in [1.54, 1.807) is 32.2 Å². The number of likely N-dealkylation sites (N-methyl/N-ethyl adjacent to an activating group) is 1. The summed E-state index contributed by atoms with van der Waals surface area (Å²) in [5.74, 6) is -0.150. The molecule has 3 rings (SSSR count). The number of carbonyl (C=O) groups is 2. The third-order valence-corrected chi connectivity index (χ3v) is 5.58. The smallest absolute Gasteiger partial charge is 0.338 e. The molecule has 1 fully saturated rings. The largest absolute Gasteiger partial charge is 0.496 e. The van der Waals surface area contributed by atoms with E-state index in [1.807, 2.05) is 25.1 Å². The van der Waals surface area contributed by atoms with Crippen molar-refractivity contribution >= 4 is 23.3 Å². The van der Waals surface area contributed by atoms with Gasteiger partial charge in [0.25, 0.3) is 5.91 Å². The minimum Gasteiger partial charge on any atom is -0.496 e. The Morgan fingerprint density at radius 2 is 1.81 bits per heavy atom. The van der Waals surface area contributed by atoms with Gasteiger partial charge in [-0.25, -0.2) is 4.79 Å². The Morgan fingerprint density at radius 3 is 2.45 bits per heavy atom. The topological polar surface area (TPSA) is 71.1 Å². The lowest BCUT2D eigenvalue weighted by atomic mass is 10.1. The van der Waals surface area contributed by atoms with E-state index in [-0.39, 0.29) is 5.91 Å². The quantitative estimate of drug-likeness (QED) is 0.684. The van der Waals surface area contributed by atoms with Gasteiger partial charge >= 0.3 is 5.97 Å². The molecule has 1 amide bonds. The number of methoxy groups -OCH3 is 1. The molecule has 0 aliphatic carbocycles. The number of para-hydroxylation sites is 1. The molecule has 0 aromatic heterocycles. The van der Waals surface area contributed by atoms with Crippen molar-refractivity contribution in [1.29, 1.82) is 0 Å². The fourth-order valence-electron chi connectivity index (χ4n) is 3.85. The van der Waals surface area contributed by atoms with Gasteiger partial charge in [-0.2, -0.15) is 0 Å². The van der Waals surface area contributed by atoms with Gasteiger partial charge in [0.1, 0.15) is 5.75 Å². The van der Waals surface area contributed by atoms with E-state index in [4.69, 9.17) is 9.47 Å². The van der Waals surface area contributed by atoms with Crippen LogP contribution in [0.25, 0.3) is 0 Å². The van der Waals surface area contributed by atoms with Gasteiger partial charge < -0.3 is 24.6 Å². The van der Waals surface area contributed by atoms with Crippen molar-refractivity contribution in [3.8, 4) is 5.75 Å². The first-order valence-corrected chi connectivity index (χ1v) is 10.7. The second-order valence-electron chi connectivity index (χ2n) is 7.48. The zero-order valence-electron chi connectivity index (χ0n) is 18.7. The average molecular weight is 426 g/mol. The van der Waals surface area contributed by atoms with Crippen LogP contribution >= 0.6 is 0 Å². The monoisotopic (exact) mass is 425 g/mol. The van der Waals surface area contributed by atoms with Crippen LogP contribution in [0, 0.1) is 6.92 Å². The van der Waals surface area contributed by atoms with Gasteiger partial charge in [0.2, 0.25) is 0 Å². The Kier molecular flexibility index (Phi) is 7.52. The molecule has 2 aromatic carbocycles. The molecule has 1 aliphatic heterocycles. The first-order valence-electron chi connectivity index (χ1n) is 10.7. The fourth-order valence-corrected chi connectivity index (χ4v) is 3.85. The maximum Gasteiger partial charge on any atom is 0.338 e. The van der Waals surface area contributed by atoms with Gasteiger partial charge in [0.15, 0.2) is 0 Å². The summed E-state index contributed by atoms with van der Waals surface area (Å²) in [4.78, 5) is 30.1. The van der Waals surface area contributed by atoms with Gasteiger partial charge in [0.05, 0.1) is 36.2 Å². The highest BCUT2D eigenvalue weighted by Crippen LogP contribution is 2.31. The number of amides is 1. The summed E-state index contributed by atoms with van der Waals surface area (Å²) in [6, 6.07) is 10.8. The number of hydrogen-bond acceptors (Lipinski definition) is 6. The van der Waals surface area contributed by atoms with Crippen molar-refractivity contribution < 1.29 is 19.1 Å². The maximum absolute atomic E-state index is 13.2. The average Bonchev–Trinajstić information content (AvgIpc) is 2.79. The summed E-state index contributed by atoms with van der Waals surface area (Å²) in [6.07, 6.45) is 0. The molecule has 31 heavy (non-hydrogen) atoms. The Balaban J connectivity index is 1.94. The number of esters is 1. The highest BCUT2D eigenvalue weighted by Gasteiger charge is 2.22. The van der Waals surface area contributed by atoms with E-state index >= 15 is 0 Å². The molecule has 7 nitrogen and oxygen atoms in total. The molecule has 2 aromatic rings. The van der Waals surface area contributed by atoms with E-state index in [9.17, 15) is 9.59 Å². The lowest BCUT2D eigenvalue weighted by Gasteiger charge is -2.36. The summed E-state index contributed by atoms with van der Waals surface area (Å²) in [6.45, 7) is 10.7. The van der Waals surface area contributed by atoms with Crippen LogP contribution in [0.4, 0.5) is 11.4 Å². The third-order valence-electron chi connectivity index (χ3n) is 5.58. The molecule has 1 heterocycles. The van der Waals surface area contributed by atoms with Crippen molar-refractivity contribution in [3.63, 3.8) is 0 Å². The number of nitrogens with zero attached hydrogens (tertiary/aromatic N) is 2. The fraction of sp³-hybridized carbons (Fsp3) is 0.417. The molecule has 0 spiro atoms. The van der Waals surface area contributed by atoms with Crippen LogP contribution in [0.3, 0.4) is 0 Å². The number of rotatable bonds is 7. The van der Waals surface area contributed by atoms with Crippen LogP contribution < -0.4 is 15.0 Å². The second kappa shape index (κ2) is 10.3. The van der Waals surface area contributed by atoms with Crippen LogP contribution in [0.1, 0.15) is 40.1 Å². The lowest BCUT2D eigenvalue weighted by Crippen LogP contribution is -2.46. The predicted octanol–water partition coefficient (Wildman–Crippen LogP) is 3.57. The molecule has 166 valence electrons. The van der Waals surface area contributed by atoms with Crippen LogP contribution in [0.15, 0.2) is 36.4 Å². The van der Waals surface area contributed by atoms with Crippen LogP contribution in [0.5, 0.6) is 5.75 Å². The zero-order chi connectivity index (χ0) is 22.4. The predicted molar refractivity (Wildman–Crippen MR) is 122 cm³/mol. The first kappa shape index (κ1) is 22.6. The zero-order valence-corrected chi connectivity index (χ0v) is 18.7. The molecule has 0 bridgehead atoms. The number of aryl methyl sites for hydroxylation is 1. The lowest BCUT2D eigenvalue weighted by molar-refractivity contribution is 0.0526. The molecule has 0 unspecified atom stereocenters. The molecular weight excluding hydrogens is 394 g/mol. The molecule has 0 radical (unpaired) electrons. The first-order chi connectivity index (χ1) is 15.0. The highest BCUT2D eigenvalue weighted by molar-refractivity contribution is 6.08. The minimum absolute atomic E-state index is 0.282. The Bertz CT molecular complexity index is 936. The Hall–Kier alpha value is -3.06. The molecule has 0 saturated carbocycles. The number of anilines is 2. The highest BCUT2D eigenvalue weighted by atomic mass is 16.5. The number of hydrogen-bond donors (Lipinski definition) is 1. The van der Waals surface area contributed by atoms with Crippen molar-refractivity contribution in [2.24, 2.45) is 0 Å². The Morgan fingerprint density at radius 1 is 1.06 bits per heavy atom. The number of carbonyl (C=O) groups excluding carboxylic acids is 2. The number of nitrogens with one attached hydrogen (secondary N) is 1. The second-order valence-corrected chi connectivity index (χ2v) is 7.48. The van der Waals surface area contributed by atoms with E-state index in [0.717, 1.165) is 44.0 Å². The number of ether oxygens (including phenoxy) is 2. The normalized spacial score (nSPS) is 14.3. The summed E-state index contributed by atoms with van der Waals surface area (Å²) < 4.78 is 10.6. The standard InChI is InChI=1S/C24H31N3O4/c1-5-26-12-14-27(15-13-26)21-11-10-18(24(29)31-6-2)16-20(21)25-23(28)19-9-7-8-17(3)22(19)30-4/h7-11,16H,5-6,12-15H2,1-4H3,(H,25,28). The third kappa shape index (κ3) is 5.17. The van der Waals surface area contributed by atoms with Crippen LogP contribution in [-0.2, 0) is 4.74 Å². The minimum atomic E-state index is -0.409. The van der Waals surface area contributed by atoms with Gasteiger partial charge in [-0.15, -0.1) is 0 Å². The molecular formula is C24H31N3O4. The van der Waals surface area contributed by atoms with Crippen molar-refractivity contribution in [2.45, 2.75) is 20.8 Å². The SMILES string of the molecule is CCOC(=O)c1ccc(N2CCN(CC)CC2)c(NC(=O)c2cccc(C)c2OC)c1. The molecule has 7 heteroatoms. The molecule has 1 N–H and O–H groups in total. The van der Waals surface area contributed by atoms with Gasteiger partial charge in [-0.1, -0.05) is 19.1 Å². The van der Waals surface area contributed by atoms with Gasteiger partial charge in [-0.3, -0.25) is 4.79 Å². The van der Waals surface area contributed by atoms with E-state index in [0.29, 0.717) is 29.2 Å². The summed E-state index contributed by atoms with van der Waals surface area (Å²) >= 11 is 0. The number of benzene rings is 2. The number of piperazine rings is 1.